The van der Waals surface area contributed by atoms with Crippen molar-refractivity contribution in [3.8, 4) is 0 Å². The molecule has 84 valence electrons. The van der Waals surface area contributed by atoms with Gasteiger partial charge in [-0.25, -0.2) is 4.79 Å². The summed E-state index contributed by atoms with van der Waals surface area (Å²) in [6.45, 7) is 0. The molecule has 4 nitrogen and oxygen atoms in total. The Hall–Kier alpha value is -0.710. The van der Waals surface area contributed by atoms with E-state index in [0.29, 0.717) is 5.75 Å². The van der Waals surface area contributed by atoms with Crippen LogP contribution in [0.15, 0.2) is 0 Å². The van der Waals surface area contributed by atoms with Crippen LogP contribution >= 0.6 is 11.8 Å². The third kappa shape index (κ3) is 1.73. The van der Waals surface area contributed by atoms with Crippen LogP contribution in [0.2, 0.25) is 0 Å². The minimum Gasteiger partial charge on any atom is -0.480 e. The molecule has 0 bridgehead atoms. The highest BCUT2D eigenvalue weighted by Crippen LogP contribution is 2.48. The average Bonchev–Trinajstić information content (AvgIpc) is 2.58. The Morgan fingerprint density at radius 1 is 1.40 bits per heavy atom. The van der Waals surface area contributed by atoms with Crippen molar-refractivity contribution in [3.05, 3.63) is 0 Å². The molecule has 5 heteroatoms. The lowest BCUT2D eigenvalue weighted by Gasteiger charge is -2.39. The van der Waals surface area contributed by atoms with Crippen LogP contribution in [0.25, 0.3) is 0 Å². The Kier molecular flexibility index (Phi) is 2.91. The maximum atomic E-state index is 11.0. The standard InChI is InChI=1S/C10H15NO3S/c12-7-11-8(9(13)14)6-15-10(11)4-2-1-3-5-10/h7-8H,1-6H2,(H,13,14)/t8-/m0/s1. The Bertz CT molecular complexity index is 276. The molecule has 1 saturated heterocycles. The smallest absolute Gasteiger partial charge is 0.327 e. The first kappa shape index (κ1) is 10.8. The predicted molar refractivity (Wildman–Crippen MR) is 57.6 cm³/mol. The quantitative estimate of drug-likeness (QED) is 0.725. The number of rotatable bonds is 2. The van der Waals surface area contributed by atoms with E-state index >= 15 is 0 Å². The number of amides is 1. The van der Waals surface area contributed by atoms with Gasteiger partial charge in [-0.2, -0.15) is 0 Å². The summed E-state index contributed by atoms with van der Waals surface area (Å²) in [5.74, 6) is -0.342. The molecule has 1 saturated carbocycles. The van der Waals surface area contributed by atoms with Crippen molar-refractivity contribution in [2.24, 2.45) is 0 Å². The van der Waals surface area contributed by atoms with Crippen molar-refractivity contribution in [1.82, 2.24) is 4.90 Å². The fraction of sp³-hybridized carbons (Fsp3) is 0.800. The van der Waals surface area contributed by atoms with E-state index in [2.05, 4.69) is 0 Å². The monoisotopic (exact) mass is 229 g/mol. The van der Waals surface area contributed by atoms with Crippen molar-refractivity contribution in [3.63, 3.8) is 0 Å². The second-order valence-electron chi connectivity index (χ2n) is 4.18. The van der Waals surface area contributed by atoms with E-state index < -0.39 is 12.0 Å². The van der Waals surface area contributed by atoms with Gasteiger partial charge in [-0.15, -0.1) is 11.8 Å². The van der Waals surface area contributed by atoms with Crippen molar-refractivity contribution < 1.29 is 14.7 Å². The predicted octanol–water partition coefficient (Wildman–Crippen LogP) is 1.31. The Balaban J connectivity index is 2.19. The maximum Gasteiger partial charge on any atom is 0.327 e. The van der Waals surface area contributed by atoms with Gasteiger partial charge in [-0.05, 0) is 12.8 Å². The highest BCUT2D eigenvalue weighted by atomic mass is 32.2. The summed E-state index contributed by atoms with van der Waals surface area (Å²) in [5.41, 5.74) is 0. The molecule has 1 atom stereocenters. The zero-order valence-corrected chi connectivity index (χ0v) is 9.33. The molecule has 0 radical (unpaired) electrons. The van der Waals surface area contributed by atoms with E-state index in [1.165, 1.54) is 6.42 Å². The molecule has 2 fully saturated rings. The molecule has 0 unspecified atom stereocenters. The summed E-state index contributed by atoms with van der Waals surface area (Å²) in [5, 5.41) is 9.01. The van der Waals surface area contributed by atoms with E-state index in [-0.39, 0.29) is 4.87 Å². The molecule has 1 N–H and O–H groups in total. The molecule has 1 amide bonds. The van der Waals surface area contributed by atoms with Crippen LogP contribution in [0.4, 0.5) is 0 Å². The van der Waals surface area contributed by atoms with Gasteiger partial charge in [-0.3, -0.25) is 4.79 Å². The second-order valence-corrected chi connectivity index (χ2v) is 5.57. The molecule has 1 aliphatic heterocycles. The minimum absolute atomic E-state index is 0.205. The van der Waals surface area contributed by atoms with Gasteiger partial charge in [0, 0.05) is 5.75 Å². The summed E-state index contributed by atoms with van der Waals surface area (Å²) >= 11 is 1.65. The first-order chi connectivity index (χ1) is 7.19. The number of carbonyl (C=O) groups is 2. The summed E-state index contributed by atoms with van der Waals surface area (Å²) < 4.78 is 0. The van der Waals surface area contributed by atoms with Gasteiger partial charge in [0.05, 0.1) is 4.87 Å². The number of hydrogen-bond donors (Lipinski definition) is 1. The fourth-order valence-corrected chi connectivity index (χ4v) is 4.21. The number of aliphatic carboxylic acids is 1. The number of carboxylic acid groups (broad SMARTS) is 1. The van der Waals surface area contributed by atoms with Gasteiger partial charge in [0.25, 0.3) is 0 Å². The van der Waals surface area contributed by atoms with Crippen molar-refractivity contribution in [2.45, 2.75) is 43.0 Å². The molecule has 1 spiro atoms. The summed E-state index contributed by atoms with van der Waals surface area (Å²) in [7, 11) is 0. The van der Waals surface area contributed by atoms with Gasteiger partial charge in [0.15, 0.2) is 0 Å². The van der Waals surface area contributed by atoms with Crippen LogP contribution < -0.4 is 0 Å². The van der Waals surface area contributed by atoms with Crippen molar-refractivity contribution >= 4 is 24.1 Å². The molecule has 0 aromatic carbocycles. The first-order valence-corrected chi connectivity index (χ1v) is 6.29. The van der Waals surface area contributed by atoms with Gasteiger partial charge >= 0.3 is 5.97 Å². The number of nitrogens with zero attached hydrogens (tertiary/aromatic N) is 1. The van der Waals surface area contributed by atoms with Crippen LogP contribution in [0.3, 0.4) is 0 Å². The van der Waals surface area contributed by atoms with E-state index in [4.69, 9.17) is 5.11 Å². The molecule has 1 aliphatic carbocycles. The number of thioether (sulfide) groups is 1. The minimum atomic E-state index is -0.878. The van der Waals surface area contributed by atoms with E-state index in [1.54, 1.807) is 16.7 Å². The molecular formula is C10H15NO3S. The normalized spacial score (nSPS) is 29.3. The number of carbonyl (C=O) groups excluding carboxylic acids is 1. The highest BCUT2D eigenvalue weighted by molar-refractivity contribution is 8.01. The first-order valence-electron chi connectivity index (χ1n) is 5.30. The summed E-state index contributed by atoms with van der Waals surface area (Å²) in [6.07, 6.45) is 6.02. The van der Waals surface area contributed by atoms with E-state index in [0.717, 1.165) is 32.1 Å². The maximum absolute atomic E-state index is 11.0. The molecule has 15 heavy (non-hydrogen) atoms. The summed E-state index contributed by atoms with van der Waals surface area (Å²) in [4.78, 5) is 23.4. The zero-order chi connectivity index (χ0) is 10.9. The third-order valence-corrected chi connectivity index (χ3v) is 4.99. The van der Waals surface area contributed by atoms with Gasteiger partial charge in [-0.1, -0.05) is 19.3 Å². The second kappa shape index (κ2) is 4.04. The largest absolute Gasteiger partial charge is 0.480 e. The van der Waals surface area contributed by atoms with E-state index in [9.17, 15) is 9.59 Å². The lowest BCUT2D eigenvalue weighted by Crippen LogP contribution is -2.49. The van der Waals surface area contributed by atoms with Gasteiger partial charge < -0.3 is 10.0 Å². The van der Waals surface area contributed by atoms with Gasteiger partial charge in [0.2, 0.25) is 6.41 Å². The molecule has 1 heterocycles. The van der Waals surface area contributed by atoms with Crippen LogP contribution in [0.1, 0.15) is 32.1 Å². The Labute approximate surface area is 93.0 Å². The van der Waals surface area contributed by atoms with Crippen molar-refractivity contribution in [2.75, 3.05) is 5.75 Å². The number of carboxylic acids is 1. The SMILES string of the molecule is O=CN1[C@H](C(=O)O)CSC12CCCCC2. The fourth-order valence-electron chi connectivity index (χ4n) is 2.54. The lowest BCUT2D eigenvalue weighted by molar-refractivity contribution is -0.147. The Morgan fingerprint density at radius 2 is 2.07 bits per heavy atom. The van der Waals surface area contributed by atoms with Crippen LogP contribution in [0.5, 0.6) is 0 Å². The molecule has 0 aromatic heterocycles. The topological polar surface area (TPSA) is 57.6 Å². The number of hydrogen-bond acceptors (Lipinski definition) is 3. The zero-order valence-electron chi connectivity index (χ0n) is 8.52. The summed E-state index contributed by atoms with van der Waals surface area (Å²) in [6, 6.07) is -0.620. The average molecular weight is 229 g/mol. The van der Waals surface area contributed by atoms with Crippen LogP contribution in [-0.4, -0.2) is 39.1 Å². The third-order valence-electron chi connectivity index (χ3n) is 3.35. The molecule has 0 aromatic rings. The molecule has 2 rings (SSSR count). The van der Waals surface area contributed by atoms with Gasteiger partial charge in [0.1, 0.15) is 6.04 Å². The van der Waals surface area contributed by atoms with Crippen LogP contribution in [0, 0.1) is 0 Å². The van der Waals surface area contributed by atoms with Crippen LogP contribution in [-0.2, 0) is 9.59 Å². The molecule has 2 aliphatic rings. The lowest BCUT2D eigenvalue weighted by atomic mass is 9.93. The Morgan fingerprint density at radius 3 is 2.60 bits per heavy atom. The van der Waals surface area contributed by atoms with E-state index in [1.807, 2.05) is 0 Å². The molecular weight excluding hydrogens is 214 g/mol. The highest BCUT2D eigenvalue weighted by Gasteiger charge is 2.49. The van der Waals surface area contributed by atoms with Crippen molar-refractivity contribution in [1.29, 1.82) is 0 Å².